The molecule has 4 bridgehead atoms. The van der Waals surface area contributed by atoms with E-state index in [4.69, 9.17) is 5.73 Å². The van der Waals surface area contributed by atoms with Crippen LogP contribution in [0.2, 0.25) is 0 Å². The molecule has 3 atom stereocenters. The highest BCUT2D eigenvalue weighted by Crippen LogP contribution is 2.67. The number of nitrogens with two attached hydrogens (primary N) is 1. The topological polar surface area (TPSA) is 26.0 Å². The van der Waals surface area contributed by atoms with E-state index in [9.17, 15) is 0 Å². The van der Waals surface area contributed by atoms with Crippen molar-refractivity contribution in [2.75, 3.05) is 6.54 Å². The summed E-state index contributed by atoms with van der Waals surface area (Å²) in [5.74, 6) is 3.95. The molecule has 3 unspecified atom stereocenters. The number of thiophene rings is 1. The first-order chi connectivity index (χ1) is 9.31. The van der Waals surface area contributed by atoms with Gasteiger partial charge < -0.3 is 5.73 Å². The third kappa shape index (κ3) is 2.24. The quantitative estimate of drug-likeness (QED) is 0.847. The van der Waals surface area contributed by atoms with Gasteiger partial charge in [-0.1, -0.05) is 6.07 Å². The minimum Gasteiger partial charge on any atom is -0.330 e. The monoisotopic (exact) mass is 311 g/mol. The summed E-state index contributed by atoms with van der Waals surface area (Å²) in [7, 11) is 0. The number of hydrogen-bond acceptors (Lipinski definition) is 2. The van der Waals surface area contributed by atoms with E-state index in [1.165, 1.54) is 44.9 Å². The predicted octanol–water partition coefficient (Wildman–Crippen LogP) is 4.82. The first kappa shape index (κ1) is 14.9. The van der Waals surface area contributed by atoms with Crippen LogP contribution in [-0.4, -0.2) is 6.54 Å². The van der Waals surface area contributed by atoms with Crippen LogP contribution in [0.4, 0.5) is 0 Å². The standard InChI is InChI=1S/C17H25NS.ClH/c18-5-2-4-17-10-12-7-13(11-17)9-14(8-12)16(17)15-3-1-6-19-15;/h1,3,6,12-14,16H,2,4-5,7-11,18H2;1H. The smallest absolute Gasteiger partial charge is 0.00844 e. The van der Waals surface area contributed by atoms with Crippen molar-refractivity contribution >= 4 is 23.7 Å². The van der Waals surface area contributed by atoms with Crippen LogP contribution >= 0.6 is 23.7 Å². The second-order valence-corrected chi connectivity index (χ2v) is 8.33. The molecule has 0 aliphatic heterocycles. The fourth-order valence-electron chi connectivity index (χ4n) is 6.03. The van der Waals surface area contributed by atoms with E-state index in [-0.39, 0.29) is 12.4 Å². The Kier molecular flexibility index (Phi) is 4.18. The SMILES string of the molecule is Cl.NCCCC12CC3CC(CC(C3)C1c1cccs1)C2. The molecule has 4 fully saturated rings. The van der Waals surface area contributed by atoms with Gasteiger partial charge in [-0.2, -0.15) is 0 Å². The first-order valence-corrected chi connectivity index (χ1v) is 8.92. The van der Waals surface area contributed by atoms with Crippen molar-refractivity contribution < 1.29 is 0 Å². The molecule has 0 aromatic carbocycles. The Balaban J connectivity index is 0.00000121. The van der Waals surface area contributed by atoms with Crippen molar-refractivity contribution in [3.05, 3.63) is 22.4 Å². The summed E-state index contributed by atoms with van der Waals surface area (Å²) in [6, 6.07) is 4.66. The van der Waals surface area contributed by atoms with E-state index >= 15 is 0 Å². The summed E-state index contributed by atoms with van der Waals surface area (Å²) in [6.07, 6.45) is 10.2. The van der Waals surface area contributed by atoms with Crippen LogP contribution in [0.1, 0.15) is 55.7 Å². The number of halogens is 1. The molecule has 20 heavy (non-hydrogen) atoms. The third-order valence-electron chi connectivity index (χ3n) is 6.19. The van der Waals surface area contributed by atoms with E-state index in [2.05, 4.69) is 17.5 Å². The highest BCUT2D eigenvalue weighted by Gasteiger charge is 2.56. The lowest BCUT2D eigenvalue weighted by atomic mass is 9.44. The zero-order valence-corrected chi connectivity index (χ0v) is 13.7. The van der Waals surface area contributed by atoms with E-state index in [0.717, 1.165) is 30.2 Å². The molecule has 0 amide bonds. The van der Waals surface area contributed by atoms with E-state index in [0.29, 0.717) is 5.41 Å². The fourth-order valence-corrected chi connectivity index (χ4v) is 7.09. The molecule has 1 aromatic heterocycles. The fraction of sp³-hybridized carbons (Fsp3) is 0.765. The molecule has 4 aliphatic carbocycles. The van der Waals surface area contributed by atoms with Crippen molar-refractivity contribution in [1.82, 2.24) is 0 Å². The molecule has 1 heterocycles. The van der Waals surface area contributed by atoms with Crippen molar-refractivity contribution in [2.24, 2.45) is 28.9 Å². The lowest BCUT2D eigenvalue weighted by Crippen LogP contribution is -2.51. The summed E-state index contributed by atoms with van der Waals surface area (Å²) < 4.78 is 0. The summed E-state index contributed by atoms with van der Waals surface area (Å²) in [6.45, 7) is 0.874. The highest BCUT2D eigenvalue weighted by molar-refractivity contribution is 7.10. The van der Waals surface area contributed by atoms with Gasteiger partial charge in [-0.25, -0.2) is 0 Å². The Hall–Kier alpha value is -0.0500. The summed E-state index contributed by atoms with van der Waals surface area (Å²) in [5, 5.41) is 2.27. The Morgan fingerprint density at radius 2 is 1.95 bits per heavy atom. The van der Waals surface area contributed by atoms with Gasteiger partial charge in [0, 0.05) is 10.8 Å². The van der Waals surface area contributed by atoms with Gasteiger partial charge >= 0.3 is 0 Å². The van der Waals surface area contributed by atoms with Crippen LogP contribution in [0, 0.1) is 23.2 Å². The second-order valence-electron chi connectivity index (χ2n) is 7.36. The van der Waals surface area contributed by atoms with Crippen molar-refractivity contribution in [1.29, 1.82) is 0 Å². The van der Waals surface area contributed by atoms with Crippen LogP contribution in [0.5, 0.6) is 0 Å². The maximum absolute atomic E-state index is 5.82. The molecular weight excluding hydrogens is 286 g/mol. The maximum Gasteiger partial charge on any atom is 0.00844 e. The normalized spacial score (nSPS) is 41.6. The molecule has 1 nitrogen and oxygen atoms in total. The molecule has 0 saturated heterocycles. The van der Waals surface area contributed by atoms with Gasteiger partial charge in [0.25, 0.3) is 0 Å². The lowest BCUT2D eigenvalue weighted by Gasteiger charge is -2.61. The Labute approximate surface area is 132 Å². The van der Waals surface area contributed by atoms with Crippen molar-refractivity contribution in [3.8, 4) is 0 Å². The van der Waals surface area contributed by atoms with Gasteiger partial charge in [0.2, 0.25) is 0 Å². The molecule has 1 aromatic rings. The molecule has 5 rings (SSSR count). The largest absolute Gasteiger partial charge is 0.330 e. The predicted molar refractivity (Wildman–Crippen MR) is 88.6 cm³/mol. The van der Waals surface area contributed by atoms with Crippen LogP contribution < -0.4 is 5.73 Å². The summed E-state index contributed by atoms with van der Waals surface area (Å²) >= 11 is 2.00. The highest BCUT2D eigenvalue weighted by atomic mass is 35.5. The second kappa shape index (κ2) is 5.62. The van der Waals surface area contributed by atoms with Gasteiger partial charge in [-0.15, -0.1) is 23.7 Å². The van der Waals surface area contributed by atoms with Crippen LogP contribution in [-0.2, 0) is 0 Å². The molecule has 4 aliphatic rings. The number of rotatable bonds is 4. The molecular formula is C17H26ClNS. The zero-order valence-electron chi connectivity index (χ0n) is 12.1. The van der Waals surface area contributed by atoms with Gasteiger partial charge in [-0.05, 0) is 86.1 Å². The van der Waals surface area contributed by atoms with Gasteiger partial charge in [-0.3, -0.25) is 0 Å². The Morgan fingerprint density at radius 1 is 1.20 bits per heavy atom. The lowest BCUT2D eigenvalue weighted by molar-refractivity contribution is -0.0795. The number of hydrogen-bond donors (Lipinski definition) is 1. The van der Waals surface area contributed by atoms with Crippen molar-refractivity contribution in [2.45, 2.75) is 50.9 Å². The Bertz CT molecular complexity index is 430. The summed E-state index contributed by atoms with van der Waals surface area (Å²) in [4.78, 5) is 1.68. The van der Waals surface area contributed by atoms with Crippen LogP contribution in [0.3, 0.4) is 0 Å². The van der Waals surface area contributed by atoms with E-state index < -0.39 is 0 Å². The molecule has 0 spiro atoms. The minimum absolute atomic E-state index is 0. The molecule has 4 saturated carbocycles. The van der Waals surface area contributed by atoms with Gasteiger partial charge in [0.1, 0.15) is 0 Å². The average molecular weight is 312 g/mol. The van der Waals surface area contributed by atoms with E-state index in [1.54, 1.807) is 4.88 Å². The molecule has 112 valence electrons. The van der Waals surface area contributed by atoms with Gasteiger partial charge in [0.05, 0.1) is 0 Å². The van der Waals surface area contributed by atoms with Crippen LogP contribution in [0.25, 0.3) is 0 Å². The Morgan fingerprint density at radius 3 is 2.55 bits per heavy atom. The van der Waals surface area contributed by atoms with Gasteiger partial charge in [0.15, 0.2) is 0 Å². The summed E-state index contributed by atoms with van der Waals surface area (Å²) in [5.41, 5.74) is 6.45. The molecule has 2 N–H and O–H groups in total. The molecule has 0 radical (unpaired) electrons. The van der Waals surface area contributed by atoms with Crippen molar-refractivity contribution in [3.63, 3.8) is 0 Å². The van der Waals surface area contributed by atoms with Crippen LogP contribution in [0.15, 0.2) is 17.5 Å². The molecule has 3 heteroatoms. The maximum atomic E-state index is 5.82. The minimum atomic E-state index is 0. The first-order valence-electron chi connectivity index (χ1n) is 8.04. The third-order valence-corrected chi connectivity index (χ3v) is 7.14. The average Bonchev–Trinajstić information content (AvgIpc) is 2.89. The van der Waals surface area contributed by atoms with E-state index in [1.807, 2.05) is 11.3 Å². The zero-order chi connectivity index (χ0) is 12.9.